The summed E-state index contributed by atoms with van der Waals surface area (Å²) in [6.07, 6.45) is 2.38. The molecule has 0 bridgehead atoms. The van der Waals surface area contributed by atoms with Gasteiger partial charge in [-0.05, 0) is 26.4 Å². The Morgan fingerprint density at radius 2 is 1.91 bits per heavy atom. The molecule has 68 valence electrons. The van der Waals surface area contributed by atoms with Gasteiger partial charge in [0.1, 0.15) is 0 Å². The Morgan fingerprint density at radius 1 is 1.36 bits per heavy atom. The van der Waals surface area contributed by atoms with E-state index in [1.807, 2.05) is 0 Å². The maximum atomic E-state index is 5.91. The molecule has 0 aromatic rings. The fourth-order valence-corrected chi connectivity index (χ4v) is 1.23. The van der Waals surface area contributed by atoms with E-state index in [2.05, 4.69) is 32.8 Å². The normalized spacial score (nSPS) is 16.9. The minimum Gasteiger partial charge on any atom is -0.327 e. The quantitative estimate of drug-likeness (QED) is 0.653. The number of likely N-dealkylation sites (N-methyl/N-ethyl adjacent to an activating group) is 1. The Labute approximate surface area is 70.8 Å². The second-order valence-electron chi connectivity index (χ2n) is 3.77. The van der Waals surface area contributed by atoms with Crippen molar-refractivity contribution < 1.29 is 0 Å². The van der Waals surface area contributed by atoms with Crippen LogP contribution in [0.25, 0.3) is 0 Å². The molecule has 2 atom stereocenters. The van der Waals surface area contributed by atoms with Gasteiger partial charge >= 0.3 is 0 Å². The maximum absolute atomic E-state index is 5.91. The summed E-state index contributed by atoms with van der Waals surface area (Å²) < 4.78 is 0. The third kappa shape index (κ3) is 6.32. The van der Waals surface area contributed by atoms with Gasteiger partial charge in [-0.15, -0.1) is 0 Å². The minimum atomic E-state index is 0.347. The summed E-state index contributed by atoms with van der Waals surface area (Å²) in [6, 6.07) is 0.347. The van der Waals surface area contributed by atoms with Gasteiger partial charge in [0.15, 0.2) is 0 Å². The second-order valence-corrected chi connectivity index (χ2v) is 3.77. The lowest BCUT2D eigenvalue weighted by Gasteiger charge is -2.19. The molecule has 2 unspecified atom stereocenters. The molecule has 0 aromatic carbocycles. The Morgan fingerprint density at radius 3 is 2.27 bits per heavy atom. The summed E-state index contributed by atoms with van der Waals surface area (Å²) in [5.74, 6) is 0.768. The van der Waals surface area contributed by atoms with Crippen LogP contribution in [-0.4, -0.2) is 31.6 Å². The lowest BCUT2D eigenvalue weighted by atomic mass is 10.00. The zero-order valence-corrected chi connectivity index (χ0v) is 8.30. The number of rotatable bonds is 5. The molecule has 0 spiro atoms. The maximum Gasteiger partial charge on any atom is 0.0170 e. The highest BCUT2D eigenvalue weighted by molar-refractivity contribution is 4.67. The van der Waals surface area contributed by atoms with Crippen molar-refractivity contribution in [1.29, 1.82) is 0 Å². The first-order valence-electron chi connectivity index (χ1n) is 4.46. The first-order valence-corrected chi connectivity index (χ1v) is 4.46. The van der Waals surface area contributed by atoms with E-state index in [-0.39, 0.29) is 0 Å². The van der Waals surface area contributed by atoms with Gasteiger partial charge in [-0.2, -0.15) is 0 Å². The van der Waals surface area contributed by atoms with Gasteiger partial charge in [-0.3, -0.25) is 0 Å². The van der Waals surface area contributed by atoms with Gasteiger partial charge < -0.3 is 10.6 Å². The van der Waals surface area contributed by atoms with Crippen LogP contribution in [-0.2, 0) is 0 Å². The molecule has 11 heavy (non-hydrogen) atoms. The molecule has 0 fully saturated rings. The molecule has 2 heteroatoms. The fraction of sp³-hybridized carbons (Fsp3) is 1.00. The second kappa shape index (κ2) is 5.56. The smallest absolute Gasteiger partial charge is 0.0170 e. The third-order valence-corrected chi connectivity index (χ3v) is 2.00. The van der Waals surface area contributed by atoms with Crippen molar-refractivity contribution >= 4 is 0 Å². The summed E-state index contributed by atoms with van der Waals surface area (Å²) in [4.78, 5) is 2.15. The van der Waals surface area contributed by atoms with E-state index in [1.54, 1.807) is 0 Å². The summed E-state index contributed by atoms with van der Waals surface area (Å²) in [5.41, 5.74) is 5.91. The molecular formula is C9H22N2. The predicted molar refractivity (Wildman–Crippen MR) is 50.6 cm³/mol. The molecule has 2 N–H and O–H groups in total. The molecule has 0 radical (unpaired) electrons. The highest BCUT2D eigenvalue weighted by Crippen LogP contribution is 2.08. The average Bonchev–Trinajstić information content (AvgIpc) is 1.85. The SMILES string of the molecule is CCC(C)CC(N)CN(C)C. The van der Waals surface area contributed by atoms with Crippen LogP contribution in [0.1, 0.15) is 26.7 Å². The first-order chi connectivity index (χ1) is 5.06. The fourth-order valence-electron chi connectivity index (χ4n) is 1.23. The monoisotopic (exact) mass is 158 g/mol. The lowest BCUT2D eigenvalue weighted by Crippen LogP contribution is -2.34. The highest BCUT2D eigenvalue weighted by Gasteiger charge is 2.07. The summed E-state index contributed by atoms with van der Waals surface area (Å²) in [5, 5.41) is 0. The number of nitrogens with zero attached hydrogens (tertiary/aromatic N) is 1. The number of nitrogens with two attached hydrogens (primary N) is 1. The van der Waals surface area contributed by atoms with Gasteiger partial charge in [-0.1, -0.05) is 20.3 Å². The van der Waals surface area contributed by atoms with E-state index in [0.717, 1.165) is 18.9 Å². The van der Waals surface area contributed by atoms with Gasteiger partial charge in [0.05, 0.1) is 0 Å². The van der Waals surface area contributed by atoms with E-state index >= 15 is 0 Å². The van der Waals surface area contributed by atoms with Crippen LogP contribution < -0.4 is 5.73 Å². The van der Waals surface area contributed by atoms with Crippen molar-refractivity contribution in [3.63, 3.8) is 0 Å². The van der Waals surface area contributed by atoms with Crippen LogP contribution in [0.4, 0.5) is 0 Å². The van der Waals surface area contributed by atoms with Crippen molar-refractivity contribution in [3.05, 3.63) is 0 Å². The van der Waals surface area contributed by atoms with Crippen LogP contribution in [0.15, 0.2) is 0 Å². The van der Waals surface area contributed by atoms with Crippen molar-refractivity contribution in [1.82, 2.24) is 4.90 Å². The number of hydrogen-bond donors (Lipinski definition) is 1. The molecular weight excluding hydrogens is 136 g/mol. The van der Waals surface area contributed by atoms with Gasteiger partial charge in [-0.25, -0.2) is 0 Å². The Hall–Kier alpha value is -0.0800. The van der Waals surface area contributed by atoms with Crippen molar-refractivity contribution in [2.75, 3.05) is 20.6 Å². The van der Waals surface area contributed by atoms with Crippen molar-refractivity contribution in [3.8, 4) is 0 Å². The molecule has 0 aliphatic carbocycles. The van der Waals surface area contributed by atoms with Crippen LogP contribution >= 0.6 is 0 Å². The summed E-state index contributed by atoms with van der Waals surface area (Å²) in [7, 11) is 4.13. The van der Waals surface area contributed by atoms with Gasteiger partial charge in [0.2, 0.25) is 0 Å². The standard InChI is InChI=1S/C9H22N2/c1-5-8(2)6-9(10)7-11(3)4/h8-9H,5-7,10H2,1-4H3. The first kappa shape index (κ1) is 10.9. The Bertz CT molecular complexity index is 91.6. The van der Waals surface area contributed by atoms with Crippen molar-refractivity contribution in [2.45, 2.75) is 32.7 Å². The van der Waals surface area contributed by atoms with E-state index in [9.17, 15) is 0 Å². The van der Waals surface area contributed by atoms with Gasteiger partial charge in [0.25, 0.3) is 0 Å². The molecule has 0 saturated carbocycles. The molecule has 0 aliphatic heterocycles. The van der Waals surface area contributed by atoms with Crippen LogP contribution in [0, 0.1) is 5.92 Å². The summed E-state index contributed by atoms with van der Waals surface area (Å²) >= 11 is 0. The van der Waals surface area contributed by atoms with E-state index in [4.69, 9.17) is 5.73 Å². The largest absolute Gasteiger partial charge is 0.327 e. The lowest BCUT2D eigenvalue weighted by molar-refractivity contribution is 0.335. The van der Waals surface area contributed by atoms with Crippen molar-refractivity contribution in [2.24, 2.45) is 11.7 Å². The van der Waals surface area contributed by atoms with E-state index < -0.39 is 0 Å². The minimum absolute atomic E-state index is 0.347. The molecule has 0 amide bonds. The molecule has 0 saturated heterocycles. The highest BCUT2D eigenvalue weighted by atomic mass is 15.1. The molecule has 2 nitrogen and oxygen atoms in total. The predicted octanol–water partition coefficient (Wildman–Crippen LogP) is 1.31. The van der Waals surface area contributed by atoms with E-state index in [0.29, 0.717) is 6.04 Å². The van der Waals surface area contributed by atoms with Crippen LogP contribution in [0.2, 0.25) is 0 Å². The molecule has 0 aromatic heterocycles. The topological polar surface area (TPSA) is 29.3 Å². The zero-order valence-electron chi connectivity index (χ0n) is 8.30. The molecule has 0 heterocycles. The average molecular weight is 158 g/mol. The van der Waals surface area contributed by atoms with E-state index in [1.165, 1.54) is 6.42 Å². The van der Waals surface area contributed by atoms with Crippen LogP contribution in [0.5, 0.6) is 0 Å². The Kier molecular flexibility index (Phi) is 5.51. The third-order valence-electron chi connectivity index (χ3n) is 2.00. The van der Waals surface area contributed by atoms with Crippen LogP contribution in [0.3, 0.4) is 0 Å². The Balaban J connectivity index is 3.43. The number of hydrogen-bond acceptors (Lipinski definition) is 2. The molecule has 0 rings (SSSR count). The van der Waals surface area contributed by atoms with Gasteiger partial charge in [0, 0.05) is 12.6 Å². The molecule has 0 aliphatic rings. The zero-order chi connectivity index (χ0) is 8.85. The summed E-state index contributed by atoms with van der Waals surface area (Å²) in [6.45, 7) is 5.48.